The van der Waals surface area contributed by atoms with Crippen LogP contribution in [0.2, 0.25) is 0 Å². The van der Waals surface area contributed by atoms with E-state index in [0.29, 0.717) is 4.71 Å². The van der Waals surface area contributed by atoms with Gasteiger partial charge in [0.2, 0.25) is 4.71 Å². The molecule has 4 aromatic rings. The monoisotopic (exact) mass is 422 g/mol. The summed E-state index contributed by atoms with van der Waals surface area (Å²) in [7, 11) is 0. The quantitative estimate of drug-likeness (QED) is 0.270. The maximum atomic E-state index is 6.10. The molecule has 0 bridgehead atoms. The largest absolute Gasteiger partial charge is 0.444 e. The number of unbranched alkanes of at least 4 members (excludes halogenated alkanes) is 2. The van der Waals surface area contributed by atoms with Crippen LogP contribution < -0.4 is 4.90 Å². The zero-order valence-electron chi connectivity index (χ0n) is 17.0. The molecule has 3 nitrogen and oxygen atoms in total. The van der Waals surface area contributed by atoms with Crippen LogP contribution >= 0.6 is 23.6 Å². The minimum atomic E-state index is 0.502. The van der Waals surface area contributed by atoms with Crippen LogP contribution in [0.15, 0.2) is 52.9 Å². The average molecular weight is 423 g/mol. The van der Waals surface area contributed by atoms with Crippen LogP contribution in [0, 0.1) is 4.71 Å². The van der Waals surface area contributed by atoms with E-state index in [2.05, 4.69) is 49.1 Å². The van der Waals surface area contributed by atoms with E-state index in [1.807, 2.05) is 18.2 Å². The highest BCUT2D eigenvalue weighted by Gasteiger charge is 2.12. The number of hydrogen-bond donors (Lipinski definition) is 0. The van der Waals surface area contributed by atoms with Crippen LogP contribution in [0.5, 0.6) is 0 Å². The lowest BCUT2D eigenvalue weighted by Crippen LogP contribution is -2.25. The molecular formula is C24H26N2OS2. The number of aromatic nitrogens is 1. The Morgan fingerprint density at radius 1 is 1.00 bits per heavy atom. The van der Waals surface area contributed by atoms with Crippen molar-refractivity contribution in [3.63, 3.8) is 0 Å². The van der Waals surface area contributed by atoms with Crippen LogP contribution in [0.1, 0.15) is 39.5 Å². The lowest BCUT2D eigenvalue weighted by molar-refractivity contribution is 0.588. The fraction of sp³-hybridized carbons (Fsp3) is 0.333. The SMILES string of the molecule is CCCCN(CCCC)c1ccc2cc(-c3nc4ccccc4s3)c(=S)oc2c1. The molecule has 0 aliphatic carbocycles. The first kappa shape index (κ1) is 20.0. The molecule has 2 aromatic carbocycles. The minimum Gasteiger partial charge on any atom is -0.444 e. The van der Waals surface area contributed by atoms with Gasteiger partial charge < -0.3 is 9.32 Å². The Morgan fingerprint density at radius 3 is 2.48 bits per heavy atom. The van der Waals surface area contributed by atoms with Gasteiger partial charge in [-0.3, -0.25) is 0 Å². The lowest BCUT2D eigenvalue weighted by atomic mass is 10.1. The van der Waals surface area contributed by atoms with Crippen molar-refractivity contribution in [1.82, 2.24) is 4.98 Å². The standard InChI is InChI=1S/C24H26N2OS2/c1-3-5-13-26(14-6-4-2)18-12-11-17-15-19(24(28)27-21(17)16-18)23-25-20-9-7-8-10-22(20)29-23/h7-12,15-16H,3-6,13-14H2,1-2H3. The highest BCUT2D eigenvalue weighted by Crippen LogP contribution is 2.34. The van der Waals surface area contributed by atoms with Gasteiger partial charge in [-0.15, -0.1) is 11.3 Å². The third-order valence-electron chi connectivity index (χ3n) is 5.17. The number of benzene rings is 2. The van der Waals surface area contributed by atoms with Crippen LogP contribution in [-0.2, 0) is 0 Å². The second-order valence-electron chi connectivity index (χ2n) is 7.35. The smallest absolute Gasteiger partial charge is 0.201 e. The maximum Gasteiger partial charge on any atom is 0.201 e. The van der Waals surface area contributed by atoms with Gasteiger partial charge in [-0.2, -0.15) is 0 Å². The molecule has 150 valence electrons. The van der Waals surface area contributed by atoms with Crippen LogP contribution in [0.4, 0.5) is 5.69 Å². The van der Waals surface area contributed by atoms with E-state index in [1.165, 1.54) is 31.4 Å². The first-order chi connectivity index (χ1) is 14.2. The summed E-state index contributed by atoms with van der Waals surface area (Å²) in [5, 5.41) is 1.97. The molecule has 29 heavy (non-hydrogen) atoms. The Labute approximate surface area is 181 Å². The van der Waals surface area contributed by atoms with Crippen LogP contribution in [-0.4, -0.2) is 18.1 Å². The van der Waals surface area contributed by atoms with E-state index in [9.17, 15) is 0 Å². The Balaban J connectivity index is 1.71. The van der Waals surface area contributed by atoms with E-state index >= 15 is 0 Å². The molecule has 5 heteroatoms. The minimum absolute atomic E-state index is 0.502. The van der Waals surface area contributed by atoms with Gasteiger partial charge in [0.25, 0.3) is 0 Å². The summed E-state index contributed by atoms with van der Waals surface area (Å²) in [4.78, 5) is 7.21. The molecule has 0 N–H and O–H groups in total. The molecular weight excluding hydrogens is 396 g/mol. The Bertz CT molecular complexity index is 1140. The molecule has 0 saturated heterocycles. The predicted octanol–water partition coefficient (Wildman–Crippen LogP) is 7.85. The molecule has 0 saturated carbocycles. The van der Waals surface area contributed by atoms with Crippen molar-refractivity contribution in [2.24, 2.45) is 0 Å². The number of para-hydroxylation sites is 1. The molecule has 2 aromatic heterocycles. The normalized spacial score (nSPS) is 11.4. The van der Waals surface area contributed by atoms with Gasteiger partial charge in [-0.05, 0) is 55.4 Å². The summed E-state index contributed by atoms with van der Waals surface area (Å²) in [6.45, 7) is 6.63. The third-order valence-corrected chi connectivity index (χ3v) is 6.55. The average Bonchev–Trinajstić information content (AvgIpc) is 3.17. The number of nitrogens with zero attached hydrogens (tertiary/aromatic N) is 2. The number of fused-ring (bicyclic) bond motifs is 2. The molecule has 0 fully saturated rings. The zero-order chi connectivity index (χ0) is 20.2. The van der Waals surface area contributed by atoms with Gasteiger partial charge in [0.1, 0.15) is 10.6 Å². The highest BCUT2D eigenvalue weighted by atomic mass is 32.1. The predicted molar refractivity (Wildman–Crippen MR) is 128 cm³/mol. The number of anilines is 1. The summed E-state index contributed by atoms with van der Waals surface area (Å²) in [5.74, 6) is 0. The molecule has 0 atom stereocenters. The van der Waals surface area contributed by atoms with Crippen molar-refractivity contribution in [3.05, 3.63) is 53.2 Å². The molecule has 4 rings (SSSR count). The van der Waals surface area contributed by atoms with Gasteiger partial charge in [0.15, 0.2) is 0 Å². The van der Waals surface area contributed by atoms with Gasteiger partial charge in [-0.25, -0.2) is 4.98 Å². The van der Waals surface area contributed by atoms with E-state index in [0.717, 1.165) is 44.8 Å². The summed E-state index contributed by atoms with van der Waals surface area (Å²) >= 11 is 7.25. The molecule has 0 radical (unpaired) electrons. The van der Waals surface area contributed by atoms with E-state index < -0.39 is 0 Å². The Kier molecular flexibility index (Phi) is 6.26. The zero-order valence-corrected chi connectivity index (χ0v) is 18.6. The topological polar surface area (TPSA) is 29.3 Å². The van der Waals surface area contributed by atoms with Crippen molar-refractivity contribution >= 4 is 50.4 Å². The lowest BCUT2D eigenvalue weighted by Gasteiger charge is -2.24. The van der Waals surface area contributed by atoms with E-state index in [1.54, 1.807) is 11.3 Å². The second kappa shape index (κ2) is 9.06. The van der Waals surface area contributed by atoms with E-state index in [4.69, 9.17) is 21.6 Å². The fourth-order valence-corrected chi connectivity index (χ4v) is 4.79. The number of thiazole rings is 1. The van der Waals surface area contributed by atoms with Crippen molar-refractivity contribution in [2.75, 3.05) is 18.0 Å². The first-order valence-electron chi connectivity index (χ1n) is 10.4. The molecule has 0 amide bonds. The van der Waals surface area contributed by atoms with Gasteiger partial charge in [0.05, 0.1) is 15.8 Å². The fourth-order valence-electron chi connectivity index (χ4n) is 3.50. The van der Waals surface area contributed by atoms with Gasteiger partial charge >= 0.3 is 0 Å². The van der Waals surface area contributed by atoms with Gasteiger partial charge in [0, 0.05) is 30.2 Å². The molecule has 2 heterocycles. The summed E-state index contributed by atoms with van der Waals surface area (Å²) in [6.07, 6.45) is 4.79. The molecule has 0 unspecified atom stereocenters. The molecule has 0 aliphatic rings. The Hall–Kier alpha value is -2.24. The number of rotatable bonds is 8. The highest BCUT2D eigenvalue weighted by molar-refractivity contribution is 7.71. The van der Waals surface area contributed by atoms with Crippen molar-refractivity contribution in [1.29, 1.82) is 0 Å². The summed E-state index contributed by atoms with van der Waals surface area (Å²) < 4.78 is 7.76. The Morgan fingerprint density at radius 2 is 1.76 bits per heavy atom. The van der Waals surface area contributed by atoms with Crippen molar-refractivity contribution < 1.29 is 4.42 Å². The maximum absolute atomic E-state index is 6.10. The summed E-state index contributed by atoms with van der Waals surface area (Å²) in [6, 6.07) is 16.8. The van der Waals surface area contributed by atoms with Crippen molar-refractivity contribution in [2.45, 2.75) is 39.5 Å². The van der Waals surface area contributed by atoms with Crippen LogP contribution in [0.3, 0.4) is 0 Å². The number of hydrogen-bond acceptors (Lipinski definition) is 5. The second-order valence-corrected chi connectivity index (χ2v) is 8.75. The third kappa shape index (κ3) is 4.36. The van der Waals surface area contributed by atoms with Gasteiger partial charge in [-0.1, -0.05) is 38.8 Å². The molecule has 0 aliphatic heterocycles. The van der Waals surface area contributed by atoms with E-state index in [-0.39, 0.29) is 0 Å². The molecule has 0 spiro atoms. The summed E-state index contributed by atoms with van der Waals surface area (Å²) in [5.41, 5.74) is 3.95. The first-order valence-corrected chi connectivity index (χ1v) is 11.6. The van der Waals surface area contributed by atoms with Crippen molar-refractivity contribution in [3.8, 4) is 10.6 Å². The van der Waals surface area contributed by atoms with Crippen LogP contribution in [0.25, 0.3) is 31.8 Å².